The summed E-state index contributed by atoms with van der Waals surface area (Å²) in [6.45, 7) is 1.59. The van der Waals surface area contributed by atoms with Crippen LogP contribution in [0.3, 0.4) is 0 Å². The third-order valence-corrected chi connectivity index (χ3v) is 4.94. The first-order valence-corrected chi connectivity index (χ1v) is 9.75. The fraction of sp³-hybridized carbons (Fsp3) is 0.208. The van der Waals surface area contributed by atoms with Gasteiger partial charge < -0.3 is 10.6 Å². The molecule has 0 fully saturated rings. The van der Waals surface area contributed by atoms with Crippen LogP contribution in [0.4, 0.5) is 4.39 Å². The van der Waals surface area contributed by atoms with E-state index in [4.69, 9.17) is 5.73 Å². The minimum atomic E-state index is -0.603. The number of hydrogen-bond acceptors (Lipinski definition) is 3. The highest BCUT2D eigenvalue weighted by molar-refractivity contribution is 5.96. The highest BCUT2D eigenvalue weighted by Crippen LogP contribution is 2.38. The average molecular weight is 405 g/mol. The standard InChI is InChI=1S/C18H18FN3O2.C6H6/c1-11-7-14-13(15(19)8-11)4-5-16(14)22(10-17(20)23)18(24)12-3-2-6-21-9-12;1-2-4-6-5-3-1/h2-3,6-9,16H,4-5,10H2,1H3,(H2,20,23);1-6H. The highest BCUT2D eigenvalue weighted by atomic mass is 19.1. The smallest absolute Gasteiger partial charge is 0.256 e. The summed E-state index contributed by atoms with van der Waals surface area (Å²) in [5, 5.41) is 0. The van der Waals surface area contributed by atoms with E-state index in [2.05, 4.69) is 4.98 Å². The minimum absolute atomic E-state index is 0.215. The van der Waals surface area contributed by atoms with E-state index in [9.17, 15) is 14.0 Å². The van der Waals surface area contributed by atoms with Gasteiger partial charge in [-0.25, -0.2) is 4.39 Å². The normalized spacial score (nSPS) is 14.3. The number of primary amides is 1. The average Bonchev–Trinajstić information content (AvgIpc) is 3.17. The Balaban J connectivity index is 0.000000367. The monoisotopic (exact) mass is 405 g/mol. The number of nitrogens with two attached hydrogens (primary N) is 1. The number of benzene rings is 2. The maximum atomic E-state index is 14.2. The number of halogens is 1. The maximum absolute atomic E-state index is 14.2. The lowest BCUT2D eigenvalue weighted by Crippen LogP contribution is -2.40. The van der Waals surface area contributed by atoms with E-state index >= 15 is 0 Å². The zero-order valence-electron chi connectivity index (χ0n) is 16.8. The largest absolute Gasteiger partial charge is 0.368 e. The molecule has 6 heteroatoms. The van der Waals surface area contributed by atoms with Crippen LogP contribution in [-0.2, 0) is 11.2 Å². The van der Waals surface area contributed by atoms with Gasteiger partial charge in [-0.05, 0) is 54.7 Å². The Morgan fingerprint density at radius 3 is 2.37 bits per heavy atom. The van der Waals surface area contributed by atoms with Crippen molar-refractivity contribution < 1.29 is 14.0 Å². The van der Waals surface area contributed by atoms with Crippen LogP contribution in [0.25, 0.3) is 0 Å². The first-order chi connectivity index (χ1) is 14.5. The molecule has 2 N–H and O–H groups in total. The molecule has 0 radical (unpaired) electrons. The van der Waals surface area contributed by atoms with Crippen LogP contribution in [-0.4, -0.2) is 28.2 Å². The Morgan fingerprint density at radius 1 is 1.13 bits per heavy atom. The molecule has 0 bridgehead atoms. The van der Waals surface area contributed by atoms with E-state index in [0.29, 0.717) is 24.0 Å². The number of fused-ring (bicyclic) bond motifs is 1. The highest BCUT2D eigenvalue weighted by Gasteiger charge is 2.34. The van der Waals surface area contributed by atoms with Gasteiger partial charge >= 0.3 is 0 Å². The van der Waals surface area contributed by atoms with Crippen molar-refractivity contribution in [3.63, 3.8) is 0 Å². The number of rotatable bonds is 4. The number of pyridine rings is 1. The Bertz CT molecular complexity index is 983. The first-order valence-electron chi connectivity index (χ1n) is 9.75. The molecule has 2 amide bonds. The van der Waals surface area contributed by atoms with Crippen molar-refractivity contribution in [2.24, 2.45) is 5.73 Å². The summed E-state index contributed by atoms with van der Waals surface area (Å²) in [7, 11) is 0. The SMILES string of the molecule is Cc1cc(F)c2c(c1)C(N(CC(N)=O)C(=O)c1cccnc1)CC2.c1ccccc1. The zero-order chi connectivity index (χ0) is 21.5. The summed E-state index contributed by atoms with van der Waals surface area (Å²) in [6, 6.07) is 18.3. The lowest BCUT2D eigenvalue weighted by atomic mass is 10.0. The summed E-state index contributed by atoms with van der Waals surface area (Å²) < 4.78 is 14.2. The number of hydrogen-bond donors (Lipinski definition) is 1. The van der Waals surface area contributed by atoms with Crippen LogP contribution in [0.5, 0.6) is 0 Å². The molecule has 5 nitrogen and oxygen atoms in total. The van der Waals surface area contributed by atoms with Crippen molar-refractivity contribution in [2.75, 3.05) is 6.54 Å². The number of amides is 2. The maximum Gasteiger partial charge on any atom is 0.256 e. The molecular formula is C24H24FN3O2. The number of carbonyl (C=O) groups excluding carboxylic acids is 2. The quantitative estimate of drug-likeness (QED) is 0.717. The van der Waals surface area contributed by atoms with Gasteiger partial charge in [-0.3, -0.25) is 14.6 Å². The number of aromatic nitrogens is 1. The van der Waals surface area contributed by atoms with Crippen molar-refractivity contribution in [1.82, 2.24) is 9.88 Å². The van der Waals surface area contributed by atoms with E-state index < -0.39 is 5.91 Å². The minimum Gasteiger partial charge on any atom is -0.368 e. The number of carbonyl (C=O) groups is 2. The van der Waals surface area contributed by atoms with E-state index in [1.165, 1.54) is 17.2 Å². The van der Waals surface area contributed by atoms with Crippen molar-refractivity contribution >= 4 is 11.8 Å². The Morgan fingerprint density at radius 2 is 1.80 bits per heavy atom. The predicted octanol–water partition coefficient (Wildman–Crippen LogP) is 3.83. The van der Waals surface area contributed by atoms with Crippen molar-refractivity contribution in [2.45, 2.75) is 25.8 Å². The molecule has 2 aromatic carbocycles. The summed E-state index contributed by atoms with van der Waals surface area (Å²) in [5.74, 6) is -1.20. The summed E-state index contributed by atoms with van der Waals surface area (Å²) in [5.41, 5.74) is 7.86. The molecular weight excluding hydrogens is 381 g/mol. The van der Waals surface area contributed by atoms with Crippen LogP contribution < -0.4 is 5.73 Å². The van der Waals surface area contributed by atoms with E-state index in [0.717, 1.165) is 11.1 Å². The van der Waals surface area contributed by atoms with Crippen LogP contribution in [0.2, 0.25) is 0 Å². The molecule has 4 rings (SSSR count). The van der Waals surface area contributed by atoms with Crippen molar-refractivity contribution in [1.29, 1.82) is 0 Å². The van der Waals surface area contributed by atoms with Crippen molar-refractivity contribution in [3.05, 3.63) is 101 Å². The molecule has 0 aliphatic heterocycles. The Hall–Kier alpha value is -3.54. The van der Waals surface area contributed by atoms with Gasteiger partial charge in [0.05, 0.1) is 11.6 Å². The Labute approximate surface area is 175 Å². The van der Waals surface area contributed by atoms with Gasteiger partial charge in [0, 0.05) is 12.4 Å². The molecule has 0 saturated heterocycles. The number of aryl methyl sites for hydroxylation is 1. The topological polar surface area (TPSA) is 76.3 Å². The van der Waals surface area contributed by atoms with Gasteiger partial charge in [0.15, 0.2) is 0 Å². The lowest BCUT2D eigenvalue weighted by molar-refractivity contribution is -0.119. The molecule has 0 spiro atoms. The first kappa shape index (κ1) is 21.2. The molecule has 3 aromatic rings. The van der Waals surface area contributed by atoms with Gasteiger partial charge in [0.25, 0.3) is 5.91 Å². The lowest BCUT2D eigenvalue weighted by Gasteiger charge is -2.29. The van der Waals surface area contributed by atoms with Gasteiger partial charge in [-0.15, -0.1) is 0 Å². The molecule has 30 heavy (non-hydrogen) atoms. The van der Waals surface area contributed by atoms with Gasteiger partial charge in [-0.1, -0.05) is 42.5 Å². The summed E-state index contributed by atoms with van der Waals surface area (Å²) >= 11 is 0. The molecule has 0 saturated carbocycles. The van der Waals surface area contributed by atoms with Gasteiger partial charge in [0.2, 0.25) is 5.91 Å². The van der Waals surface area contributed by atoms with E-state index in [-0.39, 0.29) is 24.3 Å². The van der Waals surface area contributed by atoms with E-state index in [1.807, 2.05) is 42.5 Å². The Kier molecular flexibility index (Phi) is 6.91. The molecule has 1 unspecified atom stereocenters. The van der Waals surface area contributed by atoms with Crippen LogP contribution in [0.15, 0.2) is 73.1 Å². The third-order valence-electron chi connectivity index (χ3n) is 4.94. The summed E-state index contributed by atoms with van der Waals surface area (Å²) in [4.78, 5) is 29.7. The second-order valence-electron chi connectivity index (χ2n) is 7.16. The molecule has 1 aliphatic carbocycles. The summed E-state index contributed by atoms with van der Waals surface area (Å²) in [6.07, 6.45) is 4.11. The van der Waals surface area contributed by atoms with Crippen LogP contribution >= 0.6 is 0 Å². The third kappa shape index (κ3) is 5.08. The van der Waals surface area contributed by atoms with Crippen LogP contribution in [0, 0.1) is 12.7 Å². The second kappa shape index (κ2) is 9.78. The second-order valence-corrected chi connectivity index (χ2v) is 7.16. The molecule has 1 atom stereocenters. The molecule has 154 valence electrons. The van der Waals surface area contributed by atoms with E-state index in [1.54, 1.807) is 25.3 Å². The fourth-order valence-electron chi connectivity index (χ4n) is 3.65. The van der Waals surface area contributed by atoms with Gasteiger partial charge in [-0.2, -0.15) is 0 Å². The van der Waals surface area contributed by atoms with Crippen LogP contribution in [0.1, 0.15) is 39.5 Å². The molecule has 1 aliphatic rings. The fourth-order valence-corrected chi connectivity index (χ4v) is 3.65. The molecule has 1 heterocycles. The van der Waals surface area contributed by atoms with Crippen molar-refractivity contribution in [3.8, 4) is 0 Å². The van der Waals surface area contributed by atoms with Gasteiger partial charge in [0.1, 0.15) is 12.4 Å². The predicted molar refractivity (Wildman–Crippen MR) is 113 cm³/mol. The molecule has 1 aromatic heterocycles. The zero-order valence-corrected chi connectivity index (χ0v) is 16.8. The number of nitrogens with zero attached hydrogens (tertiary/aromatic N) is 2.